The lowest BCUT2D eigenvalue weighted by Gasteiger charge is -2.16. The molecule has 1 aromatic carbocycles. The van der Waals surface area contributed by atoms with Crippen LogP contribution in [0.3, 0.4) is 0 Å². The molecule has 1 saturated heterocycles. The van der Waals surface area contributed by atoms with E-state index in [1.807, 2.05) is 47.8 Å². The summed E-state index contributed by atoms with van der Waals surface area (Å²) in [5.41, 5.74) is 3.50. The van der Waals surface area contributed by atoms with Gasteiger partial charge in [0.25, 0.3) is 11.5 Å². The largest absolute Gasteiger partial charge is 0.349 e. The van der Waals surface area contributed by atoms with E-state index < -0.39 is 0 Å². The summed E-state index contributed by atoms with van der Waals surface area (Å²) < 4.78 is 3.45. The smallest absolute Gasteiger partial charge is 0.260 e. The van der Waals surface area contributed by atoms with Gasteiger partial charge in [-0.25, -0.2) is 0 Å². The lowest BCUT2D eigenvalue weighted by atomic mass is 9.99. The van der Waals surface area contributed by atoms with Gasteiger partial charge in [-0.3, -0.25) is 9.59 Å². The number of rotatable bonds is 2. The first-order chi connectivity index (χ1) is 12.5. The number of nitrogens with zero attached hydrogens (tertiary/aromatic N) is 3. The highest BCUT2D eigenvalue weighted by molar-refractivity contribution is 6.07. The molecule has 1 fully saturated rings. The molecular formula is C21H23N3O2. The zero-order chi connectivity index (χ0) is 18.4. The molecule has 0 aliphatic carbocycles. The fourth-order valence-electron chi connectivity index (χ4n) is 4.18. The molecule has 26 heavy (non-hydrogen) atoms. The van der Waals surface area contributed by atoms with Crippen LogP contribution in [0.5, 0.6) is 0 Å². The van der Waals surface area contributed by atoms with E-state index in [1.54, 1.807) is 17.8 Å². The van der Waals surface area contributed by atoms with Gasteiger partial charge in [-0.15, -0.1) is 0 Å². The van der Waals surface area contributed by atoms with E-state index in [-0.39, 0.29) is 11.5 Å². The predicted molar refractivity (Wildman–Crippen MR) is 103 cm³/mol. The number of hydrogen-bond acceptors (Lipinski definition) is 2. The van der Waals surface area contributed by atoms with Gasteiger partial charge in [-0.1, -0.05) is 30.3 Å². The van der Waals surface area contributed by atoms with Crippen LogP contribution in [0, 0.1) is 6.92 Å². The number of pyridine rings is 1. The Morgan fingerprint density at radius 3 is 2.54 bits per heavy atom. The molecule has 5 nitrogen and oxygen atoms in total. The fraction of sp³-hybridized carbons (Fsp3) is 0.333. The summed E-state index contributed by atoms with van der Waals surface area (Å²) in [6.45, 7) is 3.39. The van der Waals surface area contributed by atoms with E-state index in [0.29, 0.717) is 23.4 Å². The van der Waals surface area contributed by atoms with Gasteiger partial charge in [-0.05, 0) is 24.5 Å². The van der Waals surface area contributed by atoms with E-state index in [1.165, 1.54) is 5.56 Å². The number of fused-ring (bicyclic) bond motifs is 1. The van der Waals surface area contributed by atoms with Crippen LogP contribution in [0.2, 0.25) is 0 Å². The summed E-state index contributed by atoms with van der Waals surface area (Å²) in [5.74, 6) is 0.316. The number of hydrogen-bond donors (Lipinski definition) is 0. The van der Waals surface area contributed by atoms with Crippen LogP contribution in [0.4, 0.5) is 0 Å². The van der Waals surface area contributed by atoms with Crippen molar-refractivity contribution in [1.82, 2.24) is 14.0 Å². The molecule has 1 aliphatic rings. The Hall–Kier alpha value is -2.82. The zero-order valence-corrected chi connectivity index (χ0v) is 15.4. The van der Waals surface area contributed by atoms with Crippen molar-refractivity contribution in [1.29, 1.82) is 0 Å². The van der Waals surface area contributed by atoms with Gasteiger partial charge in [0.2, 0.25) is 0 Å². The Morgan fingerprint density at radius 2 is 1.81 bits per heavy atom. The second kappa shape index (κ2) is 6.16. The summed E-state index contributed by atoms with van der Waals surface area (Å²) >= 11 is 0. The standard InChI is InChI=1S/C21H23N3O2/c1-14-11-23(3)21(26)18-17(13-22(2)19(14)18)20(25)24-10-9-16(12-24)15-7-5-4-6-8-15/h4-8,11,13,16H,9-10,12H2,1-3H3. The van der Waals surface area contributed by atoms with Crippen LogP contribution in [0.15, 0.2) is 47.5 Å². The molecular weight excluding hydrogens is 326 g/mol. The van der Waals surface area contributed by atoms with Crippen LogP contribution in [-0.4, -0.2) is 33.0 Å². The van der Waals surface area contributed by atoms with E-state index >= 15 is 0 Å². The van der Waals surface area contributed by atoms with Crippen molar-refractivity contribution >= 4 is 16.8 Å². The van der Waals surface area contributed by atoms with Gasteiger partial charge >= 0.3 is 0 Å². The second-order valence-electron chi connectivity index (χ2n) is 7.25. The molecule has 5 heteroatoms. The average Bonchev–Trinajstić information content (AvgIpc) is 3.25. The van der Waals surface area contributed by atoms with E-state index in [2.05, 4.69) is 12.1 Å². The molecule has 4 rings (SSSR count). The molecule has 0 N–H and O–H groups in total. The molecule has 0 radical (unpaired) electrons. The predicted octanol–water partition coefficient (Wildman–Crippen LogP) is 2.82. The minimum absolute atomic E-state index is 0.0447. The van der Waals surface area contributed by atoms with Crippen molar-refractivity contribution in [3.8, 4) is 0 Å². The van der Waals surface area contributed by atoms with Crippen LogP contribution in [-0.2, 0) is 14.1 Å². The van der Waals surface area contributed by atoms with Gasteiger partial charge in [0.05, 0.1) is 16.5 Å². The molecule has 1 amide bonds. The molecule has 3 aromatic rings. The highest BCUT2D eigenvalue weighted by Crippen LogP contribution is 2.29. The van der Waals surface area contributed by atoms with Crippen molar-refractivity contribution in [2.24, 2.45) is 14.1 Å². The summed E-state index contributed by atoms with van der Waals surface area (Å²) in [4.78, 5) is 27.8. The Kier molecular flexibility index (Phi) is 3.94. The minimum atomic E-state index is -0.117. The van der Waals surface area contributed by atoms with Crippen LogP contribution >= 0.6 is 0 Å². The summed E-state index contributed by atoms with van der Waals surface area (Å²) in [6.07, 6.45) is 4.58. The molecule has 0 saturated carbocycles. The third kappa shape index (κ3) is 2.55. The van der Waals surface area contributed by atoms with Crippen molar-refractivity contribution in [3.63, 3.8) is 0 Å². The van der Waals surface area contributed by atoms with E-state index in [4.69, 9.17) is 0 Å². The van der Waals surface area contributed by atoms with Crippen molar-refractivity contribution < 1.29 is 4.79 Å². The lowest BCUT2D eigenvalue weighted by molar-refractivity contribution is 0.0792. The van der Waals surface area contributed by atoms with Gasteiger partial charge in [0.1, 0.15) is 0 Å². The van der Waals surface area contributed by atoms with Crippen molar-refractivity contribution in [3.05, 3.63) is 69.8 Å². The van der Waals surface area contributed by atoms with Gasteiger partial charge in [-0.2, -0.15) is 0 Å². The second-order valence-corrected chi connectivity index (χ2v) is 7.25. The number of aryl methyl sites for hydroxylation is 3. The maximum atomic E-state index is 13.2. The minimum Gasteiger partial charge on any atom is -0.349 e. The van der Waals surface area contributed by atoms with Crippen LogP contribution in [0.1, 0.15) is 33.8 Å². The summed E-state index contributed by atoms with van der Waals surface area (Å²) in [7, 11) is 3.62. The molecule has 1 atom stereocenters. The number of carbonyl (C=O) groups is 1. The first kappa shape index (κ1) is 16.6. The Bertz CT molecular complexity index is 1050. The molecule has 3 heterocycles. The highest BCUT2D eigenvalue weighted by Gasteiger charge is 2.30. The quantitative estimate of drug-likeness (QED) is 0.714. The normalized spacial score (nSPS) is 17.2. The maximum Gasteiger partial charge on any atom is 0.260 e. The first-order valence-electron chi connectivity index (χ1n) is 8.97. The summed E-state index contributed by atoms with van der Waals surface area (Å²) in [6, 6.07) is 10.3. The Morgan fingerprint density at radius 1 is 1.08 bits per heavy atom. The molecule has 1 unspecified atom stereocenters. The van der Waals surface area contributed by atoms with Gasteiger partial charge in [0, 0.05) is 45.5 Å². The lowest BCUT2D eigenvalue weighted by Crippen LogP contribution is -2.29. The number of carbonyl (C=O) groups excluding carboxylic acids is 1. The molecule has 0 bridgehead atoms. The van der Waals surface area contributed by atoms with Crippen LogP contribution in [0.25, 0.3) is 10.9 Å². The number of aromatic nitrogens is 2. The monoisotopic (exact) mass is 349 g/mol. The topological polar surface area (TPSA) is 47.2 Å². The van der Waals surface area contributed by atoms with Crippen molar-refractivity contribution in [2.45, 2.75) is 19.3 Å². The van der Waals surface area contributed by atoms with Gasteiger partial charge < -0.3 is 14.0 Å². The number of benzene rings is 1. The van der Waals surface area contributed by atoms with Crippen molar-refractivity contribution in [2.75, 3.05) is 13.1 Å². The third-order valence-corrected chi connectivity index (χ3v) is 5.45. The molecule has 0 spiro atoms. The zero-order valence-electron chi connectivity index (χ0n) is 15.4. The molecule has 2 aromatic heterocycles. The van der Waals surface area contributed by atoms with Crippen LogP contribution < -0.4 is 5.56 Å². The van der Waals surface area contributed by atoms with E-state index in [9.17, 15) is 9.59 Å². The SMILES string of the molecule is Cc1cn(C)c(=O)c2c(C(=O)N3CCC(c4ccccc4)C3)cn(C)c12. The Labute approximate surface area is 152 Å². The summed E-state index contributed by atoms with van der Waals surface area (Å²) in [5, 5.41) is 0.531. The number of amides is 1. The van der Waals surface area contributed by atoms with E-state index in [0.717, 1.165) is 24.0 Å². The third-order valence-electron chi connectivity index (χ3n) is 5.45. The highest BCUT2D eigenvalue weighted by atomic mass is 16.2. The fourth-order valence-corrected chi connectivity index (χ4v) is 4.18. The average molecular weight is 349 g/mol. The van der Waals surface area contributed by atoms with Gasteiger partial charge in [0.15, 0.2) is 0 Å². The number of likely N-dealkylation sites (tertiary alicyclic amines) is 1. The molecule has 134 valence electrons. The maximum absolute atomic E-state index is 13.2. The Balaban J connectivity index is 1.71. The first-order valence-corrected chi connectivity index (χ1v) is 8.97. The molecule has 1 aliphatic heterocycles.